The van der Waals surface area contributed by atoms with Gasteiger partial charge in [0.1, 0.15) is 0 Å². The molecule has 3 unspecified atom stereocenters. The van der Waals surface area contributed by atoms with Crippen LogP contribution in [-0.4, -0.2) is 0 Å². The Morgan fingerprint density at radius 2 is 0.375 bits per heavy atom. The first-order chi connectivity index (χ1) is 31.4. The third-order valence-corrected chi connectivity index (χ3v) is 8.29. The van der Waals surface area contributed by atoms with Gasteiger partial charge in [0.05, 0.1) is 0 Å². The SMILES string of the molecule is P.P.P.[Cl-].[Cl-].[Cl-].[Zr+3].[Zr+3].[Zr+3].[c-]1ccccc1.[c-]1ccccc1.[c-]1ccccc1.[c-]1ccccc1.[c-]1ccccc1.[c-]1ccccc1.c1ccc2[cH-]ccc2c1.c1ccc2[cH-]ccc2c1.c1ccc2[cH-]ccc2c1. The number of benzene rings is 9. The van der Waals surface area contributed by atoms with Crippen molar-refractivity contribution >= 4 is 62.0 Å². The van der Waals surface area contributed by atoms with Gasteiger partial charge in [-0.1, -0.05) is 18.2 Å². The number of rotatable bonds is 0. The molecule has 12 rings (SSSR count). The molecule has 0 fully saturated rings. The van der Waals surface area contributed by atoms with Gasteiger partial charge in [-0.15, -0.1) is 89.0 Å². The molecule has 0 aliphatic heterocycles. The van der Waals surface area contributed by atoms with Crippen LogP contribution in [0.15, 0.2) is 309 Å². The summed E-state index contributed by atoms with van der Waals surface area (Å²) in [5.41, 5.74) is 0. The van der Waals surface area contributed by atoms with Gasteiger partial charge in [0.15, 0.2) is 0 Å². The minimum atomic E-state index is 0. The molecule has 0 heterocycles. The van der Waals surface area contributed by atoms with E-state index in [1.165, 1.54) is 32.3 Å². The van der Waals surface area contributed by atoms with E-state index in [1.54, 1.807) is 0 Å². The summed E-state index contributed by atoms with van der Waals surface area (Å²) in [6, 6.07) is 119. The molecule has 12 aromatic carbocycles. The molecule has 9 heteroatoms. The molecule has 0 aliphatic carbocycles. The monoisotopic (exact) mass is 1280 g/mol. The van der Waals surface area contributed by atoms with E-state index in [2.05, 4.69) is 164 Å². The summed E-state index contributed by atoms with van der Waals surface area (Å²) < 4.78 is 0. The first-order valence-corrected chi connectivity index (χ1v) is 20.7. The molecule has 3 radical (unpaired) electrons. The molecule has 0 saturated heterocycles. The van der Waals surface area contributed by atoms with Crippen LogP contribution in [0.2, 0.25) is 0 Å². The number of halogens is 3. The molecule has 0 aromatic heterocycles. The van der Waals surface area contributed by atoms with Gasteiger partial charge in [-0.2, -0.15) is 301 Å². The van der Waals surface area contributed by atoms with Crippen LogP contribution in [0.5, 0.6) is 0 Å². The first kappa shape index (κ1) is 80.0. The second-order valence-electron chi connectivity index (χ2n) is 12.9. The number of fused-ring (bicyclic) bond motifs is 3. The van der Waals surface area contributed by atoms with Gasteiger partial charge in [0.2, 0.25) is 0 Å². The van der Waals surface area contributed by atoms with E-state index < -0.39 is 0 Å². The van der Waals surface area contributed by atoms with Crippen molar-refractivity contribution in [2.24, 2.45) is 0 Å². The second-order valence-corrected chi connectivity index (χ2v) is 12.9. The summed E-state index contributed by atoms with van der Waals surface area (Å²) in [6.45, 7) is 0. The van der Waals surface area contributed by atoms with E-state index >= 15 is 0 Å². The largest absolute Gasteiger partial charge is 3.00 e. The predicted octanol–water partition coefficient (Wildman–Crippen LogP) is 7.78. The zero-order chi connectivity index (χ0) is 43.8. The normalized spacial score (nSPS) is 7.83. The molecule has 72 heavy (non-hydrogen) atoms. The number of hydrogen-bond acceptors (Lipinski definition) is 0. The van der Waals surface area contributed by atoms with Crippen LogP contribution in [0.3, 0.4) is 0 Å². The summed E-state index contributed by atoms with van der Waals surface area (Å²) in [6.07, 6.45) is 0. The van der Waals surface area contributed by atoms with E-state index in [1.807, 2.05) is 182 Å². The molecule has 0 saturated carbocycles. The molecule has 363 valence electrons. The van der Waals surface area contributed by atoms with E-state index in [9.17, 15) is 0 Å². The zero-order valence-corrected chi connectivity index (χ0v) is 54.1. The maximum absolute atomic E-state index is 2.89. The molecule has 0 N–H and O–H groups in total. The van der Waals surface area contributed by atoms with E-state index in [0.29, 0.717) is 0 Å². The quantitative estimate of drug-likeness (QED) is 0.108. The van der Waals surface area contributed by atoms with Crippen molar-refractivity contribution in [2.75, 3.05) is 0 Å². The van der Waals surface area contributed by atoms with Crippen LogP contribution < -0.4 is 37.2 Å². The van der Waals surface area contributed by atoms with Crippen LogP contribution in [0.1, 0.15) is 0 Å². The smallest absolute Gasteiger partial charge is 1.00 e. The van der Waals surface area contributed by atoms with Crippen molar-refractivity contribution < 1.29 is 116 Å². The van der Waals surface area contributed by atoms with Crippen LogP contribution >= 0.6 is 29.7 Å². The molecule has 0 spiro atoms. The molecular weight excluding hydrogens is 1230 g/mol. The fourth-order valence-corrected chi connectivity index (χ4v) is 5.26. The van der Waals surface area contributed by atoms with Gasteiger partial charge in [-0.05, 0) is 0 Å². The maximum atomic E-state index is 2.89. The molecule has 0 bridgehead atoms. The number of hydrogen-bond donors (Lipinski definition) is 0. The van der Waals surface area contributed by atoms with Crippen molar-refractivity contribution in [3.63, 3.8) is 0 Å². The van der Waals surface area contributed by atoms with E-state index in [-0.39, 0.29) is 146 Å². The fraction of sp³-hybridized carbons (Fsp3) is 0. The molecular formula is C63H60Cl3P3Zr3-3. The summed E-state index contributed by atoms with van der Waals surface area (Å²) in [5, 5.41) is 7.99. The van der Waals surface area contributed by atoms with Crippen LogP contribution in [-0.2, 0) is 78.6 Å². The Bertz CT molecular complexity index is 2100. The molecule has 0 aliphatic rings. The Kier molecular flexibility index (Phi) is 65.0. The second kappa shape index (κ2) is 58.5. The van der Waals surface area contributed by atoms with Gasteiger partial charge < -0.3 is 37.2 Å². The minimum absolute atomic E-state index is 0. The molecule has 12 aromatic rings. The maximum Gasteiger partial charge on any atom is 3.00 e. The van der Waals surface area contributed by atoms with Crippen molar-refractivity contribution in [2.45, 2.75) is 0 Å². The van der Waals surface area contributed by atoms with Crippen LogP contribution in [0.4, 0.5) is 0 Å². The Labute approximate surface area is 517 Å². The summed E-state index contributed by atoms with van der Waals surface area (Å²) in [4.78, 5) is 0. The van der Waals surface area contributed by atoms with Crippen molar-refractivity contribution in [1.29, 1.82) is 0 Å². The Balaban J connectivity index is -0.000000169. The summed E-state index contributed by atoms with van der Waals surface area (Å²) >= 11 is 0. The third kappa shape index (κ3) is 41.0. The predicted molar refractivity (Wildman–Crippen MR) is 304 cm³/mol. The van der Waals surface area contributed by atoms with Gasteiger partial charge in [-0.25, -0.2) is 0 Å². The van der Waals surface area contributed by atoms with E-state index in [4.69, 9.17) is 0 Å². The van der Waals surface area contributed by atoms with Gasteiger partial charge >= 0.3 is 78.6 Å². The molecule has 0 nitrogen and oxygen atoms in total. The van der Waals surface area contributed by atoms with Crippen molar-refractivity contribution in [1.82, 2.24) is 0 Å². The van der Waals surface area contributed by atoms with Crippen molar-refractivity contribution in [3.8, 4) is 0 Å². The van der Waals surface area contributed by atoms with Crippen LogP contribution in [0.25, 0.3) is 32.3 Å². The Morgan fingerprint density at radius 1 is 0.208 bits per heavy atom. The average molecular weight is 1290 g/mol. The first-order valence-electron chi connectivity index (χ1n) is 20.7. The Hall–Kier alpha value is -3.38. The van der Waals surface area contributed by atoms with Gasteiger partial charge in [0, 0.05) is 0 Å². The molecule has 3 atom stereocenters. The summed E-state index contributed by atoms with van der Waals surface area (Å²) in [7, 11) is 0. The fourth-order valence-electron chi connectivity index (χ4n) is 5.26. The molecule has 0 amide bonds. The third-order valence-electron chi connectivity index (χ3n) is 8.29. The van der Waals surface area contributed by atoms with Crippen molar-refractivity contribution in [3.05, 3.63) is 346 Å². The summed E-state index contributed by atoms with van der Waals surface area (Å²) in [5.74, 6) is 0. The topological polar surface area (TPSA) is 0 Å². The zero-order valence-electron chi connectivity index (χ0n) is 40.2. The Morgan fingerprint density at radius 3 is 0.500 bits per heavy atom. The minimum Gasteiger partial charge on any atom is -1.00 e. The van der Waals surface area contributed by atoms with Gasteiger partial charge in [0.25, 0.3) is 0 Å². The average Bonchev–Trinajstić information content (AvgIpc) is 4.21. The van der Waals surface area contributed by atoms with E-state index in [0.717, 1.165) is 0 Å². The standard InChI is InChI=1S/3C9H7.6C6H5.3ClH.3H3P.3Zr/c3*1-2-5-9-7-3-6-8(9)4-1;6*1-2-4-6-5-3-1;;;;;;;;;/h3*1-7H;6*1-5H;3*1H;3*1H3;;;/q9*-1;;;;;;;3*+3/p-3. The van der Waals surface area contributed by atoms with Gasteiger partial charge in [-0.3, -0.25) is 0 Å². The van der Waals surface area contributed by atoms with Crippen LogP contribution in [0, 0.1) is 36.4 Å².